The number of hydrogen-bond acceptors (Lipinski definition) is 4. The van der Waals surface area contributed by atoms with Crippen LogP contribution >= 0.6 is 11.8 Å². The second kappa shape index (κ2) is 5.87. The number of para-hydroxylation sites is 1. The molecule has 2 aliphatic rings. The summed E-state index contributed by atoms with van der Waals surface area (Å²) in [5.74, 6) is 1.88. The lowest BCUT2D eigenvalue weighted by atomic mass is 9.92. The second-order valence-corrected chi connectivity index (χ2v) is 6.10. The Morgan fingerprint density at radius 1 is 1.32 bits per heavy atom. The molecule has 1 fully saturated rings. The zero-order valence-electron chi connectivity index (χ0n) is 11.3. The molecular weight excluding hydrogens is 256 g/mol. The Balaban J connectivity index is 1.61. The number of aliphatic imine (C=N–C) groups is 1. The predicted molar refractivity (Wildman–Crippen MR) is 80.9 cm³/mol. The zero-order valence-corrected chi connectivity index (χ0v) is 12.1. The van der Waals surface area contributed by atoms with Gasteiger partial charge in [-0.05, 0) is 18.9 Å². The van der Waals surface area contributed by atoms with Crippen LogP contribution in [0.3, 0.4) is 0 Å². The van der Waals surface area contributed by atoms with Gasteiger partial charge in [0.05, 0.1) is 19.2 Å². The lowest BCUT2D eigenvalue weighted by molar-refractivity contribution is 0.385. The van der Waals surface area contributed by atoms with Crippen molar-refractivity contribution in [2.24, 2.45) is 4.99 Å². The molecule has 1 saturated carbocycles. The Morgan fingerprint density at radius 2 is 2.16 bits per heavy atom. The first-order chi connectivity index (χ1) is 9.36. The third-order valence-electron chi connectivity index (χ3n) is 3.88. The lowest BCUT2D eigenvalue weighted by Gasteiger charge is -2.23. The fourth-order valence-corrected chi connectivity index (χ4v) is 3.80. The van der Waals surface area contributed by atoms with Crippen molar-refractivity contribution in [3.8, 4) is 5.75 Å². The average molecular weight is 276 g/mol. The zero-order chi connectivity index (χ0) is 13.1. The maximum Gasteiger partial charge on any atom is 0.157 e. The summed E-state index contributed by atoms with van der Waals surface area (Å²) in [7, 11) is 1.73. The van der Waals surface area contributed by atoms with Gasteiger partial charge in [0.25, 0.3) is 0 Å². The summed E-state index contributed by atoms with van der Waals surface area (Å²) in [6.45, 7) is 0. The van der Waals surface area contributed by atoms with Crippen molar-refractivity contribution >= 4 is 16.9 Å². The van der Waals surface area contributed by atoms with E-state index in [2.05, 4.69) is 17.4 Å². The van der Waals surface area contributed by atoms with Gasteiger partial charge in [-0.2, -0.15) is 0 Å². The molecule has 0 aromatic heterocycles. The quantitative estimate of drug-likeness (QED) is 0.920. The van der Waals surface area contributed by atoms with Crippen molar-refractivity contribution in [3.05, 3.63) is 29.8 Å². The normalized spacial score (nSPS) is 25.4. The van der Waals surface area contributed by atoms with E-state index in [1.54, 1.807) is 18.9 Å². The topological polar surface area (TPSA) is 33.6 Å². The van der Waals surface area contributed by atoms with E-state index in [0.717, 1.165) is 16.7 Å². The molecule has 3 nitrogen and oxygen atoms in total. The lowest BCUT2D eigenvalue weighted by Crippen LogP contribution is -2.36. The molecule has 1 aromatic carbocycles. The summed E-state index contributed by atoms with van der Waals surface area (Å²) in [5.41, 5.74) is 1.23. The summed E-state index contributed by atoms with van der Waals surface area (Å²) in [4.78, 5) is 4.81. The summed E-state index contributed by atoms with van der Waals surface area (Å²) in [6, 6.07) is 9.31. The molecule has 1 aliphatic carbocycles. The van der Waals surface area contributed by atoms with Crippen LogP contribution in [-0.4, -0.2) is 24.4 Å². The monoisotopic (exact) mass is 276 g/mol. The van der Waals surface area contributed by atoms with Gasteiger partial charge in [0.2, 0.25) is 0 Å². The van der Waals surface area contributed by atoms with E-state index in [1.807, 2.05) is 12.1 Å². The summed E-state index contributed by atoms with van der Waals surface area (Å²) in [6.07, 6.45) is 5.19. The second-order valence-electron chi connectivity index (χ2n) is 5.14. The van der Waals surface area contributed by atoms with Crippen LogP contribution < -0.4 is 10.1 Å². The number of amidine groups is 1. The highest BCUT2D eigenvalue weighted by molar-refractivity contribution is 8.13. The van der Waals surface area contributed by atoms with E-state index in [9.17, 15) is 0 Å². The van der Waals surface area contributed by atoms with Gasteiger partial charge < -0.3 is 10.1 Å². The molecule has 1 heterocycles. The molecule has 19 heavy (non-hydrogen) atoms. The average Bonchev–Trinajstić information content (AvgIpc) is 2.88. The number of benzene rings is 1. The van der Waals surface area contributed by atoms with E-state index in [0.29, 0.717) is 12.1 Å². The Hall–Kier alpha value is -1.16. The maximum absolute atomic E-state index is 5.38. The SMILES string of the molecule is COc1ccccc1CSC1=N[C@@H]2CCCC[C@@H]2N1. The molecule has 3 rings (SSSR count). The number of hydrogen-bond donors (Lipinski definition) is 1. The summed E-state index contributed by atoms with van der Waals surface area (Å²) in [5, 5.41) is 4.69. The fourth-order valence-electron chi connectivity index (χ4n) is 2.83. The third kappa shape index (κ3) is 2.89. The van der Waals surface area contributed by atoms with Gasteiger partial charge in [-0.25, -0.2) is 0 Å². The summed E-state index contributed by atoms with van der Waals surface area (Å²) < 4.78 is 5.38. The van der Waals surface area contributed by atoms with Crippen LogP contribution in [0.4, 0.5) is 0 Å². The van der Waals surface area contributed by atoms with Crippen LogP contribution in [0.25, 0.3) is 0 Å². The van der Waals surface area contributed by atoms with Gasteiger partial charge in [0.1, 0.15) is 5.75 Å². The standard InChI is InChI=1S/C15H20N2OS/c1-18-14-9-5-2-6-11(14)10-19-15-16-12-7-3-4-8-13(12)17-15/h2,5-6,9,12-13H,3-4,7-8,10H2,1H3,(H,16,17)/t12-,13+. The Labute approximate surface area is 118 Å². The highest BCUT2D eigenvalue weighted by Crippen LogP contribution is 2.29. The van der Waals surface area contributed by atoms with E-state index in [1.165, 1.54) is 31.2 Å². The molecule has 0 amide bonds. The van der Waals surface area contributed by atoms with Crippen molar-refractivity contribution in [3.63, 3.8) is 0 Å². The van der Waals surface area contributed by atoms with Gasteiger partial charge in [-0.3, -0.25) is 4.99 Å². The van der Waals surface area contributed by atoms with E-state index < -0.39 is 0 Å². The Bertz CT molecular complexity index is 475. The number of methoxy groups -OCH3 is 1. The molecule has 1 aliphatic heterocycles. The molecule has 102 valence electrons. The van der Waals surface area contributed by atoms with Gasteiger partial charge in [-0.1, -0.05) is 42.8 Å². The van der Waals surface area contributed by atoms with Crippen molar-refractivity contribution in [1.29, 1.82) is 0 Å². The first-order valence-electron chi connectivity index (χ1n) is 6.96. The minimum atomic E-state index is 0.522. The van der Waals surface area contributed by atoms with Crippen molar-refractivity contribution in [2.75, 3.05) is 7.11 Å². The minimum Gasteiger partial charge on any atom is -0.496 e. The molecular formula is C15H20N2OS. The smallest absolute Gasteiger partial charge is 0.157 e. The predicted octanol–water partition coefficient (Wildman–Crippen LogP) is 3.20. The number of thioether (sulfide) groups is 1. The van der Waals surface area contributed by atoms with E-state index in [4.69, 9.17) is 9.73 Å². The molecule has 0 bridgehead atoms. The van der Waals surface area contributed by atoms with Crippen molar-refractivity contribution < 1.29 is 4.74 Å². The first-order valence-corrected chi connectivity index (χ1v) is 7.94. The maximum atomic E-state index is 5.38. The van der Waals surface area contributed by atoms with Gasteiger partial charge in [0.15, 0.2) is 5.17 Å². The minimum absolute atomic E-state index is 0.522. The van der Waals surface area contributed by atoms with Crippen LogP contribution in [-0.2, 0) is 5.75 Å². The van der Waals surface area contributed by atoms with Crippen LogP contribution in [0.2, 0.25) is 0 Å². The Kier molecular flexibility index (Phi) is 3.97. The number of nitrogens with one attached hydrogen (secondary N) is 1. The summed E-state index contributed by atoms with van der Waals surface area (Å²) >= 11 is 1.79. The largest absolute Gasteiger partial charge is 0.496 e. The molecule has 0 radical (unpaired) electrons. The number of fused-ring (bicyclic) bond motifs is 1. The van der Waals surface area contributed by atoms with Gasteiger partial charge in [-0.15, -0.1) is 0 Å². The number of ether oxygens (including phenoxy) is 1. The van der Waals surface area contributed by atoms with Crippen LogP contribution in [0.5, 0.6) is 5.75 Å². The van der Waals surface area contributed by atoms with Crippen molar-refractivity contribution in [1.82, 2.24) is 5.32 Å². The van der Waals surface area contributed by atoms with E-state index in [-0.39, 0.29) is 0 Å². The van der Waals surface area contributed by atoms with Gasteiger partial charge in [0, 0.05) is 11.3 Å². The molecule has 0 unspecified atom stereocenters. The third-order valence-corrected chi connectivity index (χ3v) is 4.83. The van der Waals surface area contributed by atoms with Crippen LogP contribution in [0.15, 0.2) is 29.3 Å². The first kappa shape index (κ1) is 12.9. The van der Waals surface area contributed by atoms with Crippen LogP contribution in [0.1, 0.15) is 31.2 Å². The van der Waals surface area contributed by atoms with Crippen molar-refractivity contribution in [2.45, 2.75) is 43.5 Å². The molecule has 4 heteroatoms. The Morgan fingerprint density at radius 3 is 3.00 bits per heavy atom. The van der Waals surface area contributed by atoms with Crippen LogP contribution in [0, 0.1) is 0 Å². The molecule has 0 saturated heterocycles. The molecule has 1 N–H and O–H groups in total. The van der Waals surface area contributed by atoms with Gasteiger partial charge >= 0.3 is 0 Å². The number of rotatable bonds is 3. The highest BCUT2D eigenvalue weighted by atomic mass is 32.2. The highest BCUT2D eigenvalue weighted by Gasteiger charge is 2.30. The van der Waals surface area contributed by atoms with E-state index >= 15 is 0 Å². The fraction of sp³-hybridized carbons (Fsp3) is 0.533. The molecule has 0 spiro atoms. The molecule has 1 aromatic rings. The molecule has 2 atom stereocenters. The number of nitrogens with zero attached hydrogens (tertiary/aromatic N) is 1.